The van der Waals surface area contributed by atoms with Crippen LogP contribution in [0.4, 0.5) is 5.69 Å². The lowest BCUT2D eigenvalue weighted by molar-refractivity contribution is -0.144. The Bertz CT molecular complexity index is 2220. The lowest BCUT2D eigenvalue weighted by atomic mass is 9.49. The predicted molar refractivity (Wildman–Crippen MR) is 207 cm³/mol. The summed E-state index contributed by atoms with van der Waals surface area (Å²) in [6.07, 6.45) is 3.91. The van der Waals surface area contributed by atoms with Gasteiger partial charge in [-0.05, 0) is 67.0 Å². The van der Waals surface area contributed by atoms with Gasteiger partial charge in [-0.25, -0.2) is 4.90 Å². The number of rotatable bonds is 7. The average Bonchev–Trinajstić information content (AvgIpc) is 3.60. The summed E-state index contributed by atoms with van der Waals surface area (Å²) in [5, 5.41) is 12.3. The van der Waals surface area contributed by atoms with E-state index in [2.05, 4.69) is 17.0 Å². The highest BCUT2D eigenvalue weighted by molar-refractivity contribution is 6.32. The van der Waals surface area contributed by atoms with Gasteiger partial charge >= 0.3 is 0 Å². The number of carbonyl (C=O) groups is 4. The summed E-state index contributed by atoms with van der Waals surface area (Å²) in [6.45, 7) is 2.36. The SMILES string of the molecule is COc1cccc(C2C3=CCC4C(=O)N(C5CCN(Cc6ccccc6)CC5)C(=O)C4C3CC3C(=O)N(c4cccc(Cl)c4)C(=O)C32c2ccccc2)c1O. The molecule has 9 nitrogen and oxygen atoms in total. The number of para-hydroxylation sites is 1. The third-order valence-corrected chi connectivity index (χ3v) is 13.2. The molecule has 2 aliphatic carbocycles. The Morgan fingerprint density at radius 1 is 0.818 bits per heavy atom. The molecular formula is C45H42ClN3O6. The van der Waals surface area contributed by atoms with E-state index in [0.717, 1.165) is 25.2 Å². The predicted octanol–water partition coefficient (Wildman–Crippen LogP) is 6.88. The fourth-order valence-electron chi connectivity index (χ4n) is 10.6. The molecule has 0 radical (unpaired) electrons. The lowest BCUT2D eigenvalue weighted by Gasteiger charge is -2.50. The lowest BCUT2D eigenvalue weighted by Crippen LogP contribution is -2.53. The Kier molecular flexibility index (Phi) is 8.89. The molecule has 5 aliphatic rings. The minimum Gasteiger partial charge on any atom is -0.504 e. The number of imide groups is 2. The Morgan fingerprint density at radius 2 is 1.53 bits per heavy atom. The maximum absolute atomic E-state index is 15.4. The molecule has 0 aromatic heterocycles. The minimum atomic E-state index is -1.49. The topological polar surface area (TPSA) is 107 Å². The number of aromatic hydroxyl groups is 1. The van der Waals surface area contributed by atoms with Crippen molar-refractivity contribution in [1.29, 1.82) is 0 Å². The van der Waals surface area contributed by atoms with E-state index in [-0.39, 0.29) is 35.8 Å². The summed E-state index contributed by atoms with van der Waals surface area (Å²) in [5.74, 6) is -4.63. The largest absolute Gasteiger partial charge is 0.504 e. The van der Waals surface area contributed by atoms with Gasteiger partial charge in [0, 0.05) is 42.2 Å². The summed E-state index contributed by atoms with van der Waals surface area (Å²) >= 11 is 6.43. The molecule has 55 heavy (non-hydrogen) atoms. The molecule has 4 aromatic rings. The first kappa shape index (κ1) is 35.5. The summed E-state index contributed by atoms with van der Waals surface area (Å²) in [6, 6.07) is 31.3. The van der Waals surface area contributed by atoms with E-state index in [9.17, 15) is 19.5 Å². The molecule has 6 unspecified atom stereocenters. The van der Waals surface area contributed by atoms with Crippen molar-refractivity contribution < 1.29 is 29.0 Å². The van der Waals surface area contributed by atoms with E-state index >= 15 is 4.79 Å². The van der Waals surface area contributed by atoms with Crippen LogP contribution in [0.2, 0.25) is 5.02 Å². The van der Waals surface area contributed by atoms with Gasteiger partial charge in [-0.3, -0.25) is 29.0 Å². The molecule has 0 spiro atoms. The van der Waals surface area contributed by atoms with E-state index < -0.39 is 46.8 Å². The number of likely N-dealkylation sites (tertiary alicyclic amines) is 2. The highest BCUT2D eigenvalue weighted by atomic mass is 35.5. The van der Waals surface area contributed by atoms with E-state index in [1.165, 1.54) is 17.6 Å². The number of phenols is 1. The molecular weight excluding hydrogens is 714 g/mol. The van der Waals surface area contributed by atoms with Crippen LogP contribution in [0.25, 0.3) is 0 Å². The fraction of sp³-hybridized carbons (Fsp3) is 0.333. The number of piperidine rings is 1. The van der Waals surface area contributed by atoms with Gasteiger partial charge in [0.2, 0.25) is 23.6 Å². The smallest absolute Gasteiger partial charge is 0.246 e. The van der Waals surface area contributed by atoms with Gasteiger partial charge in [0.15, 0.2) is 11.5 Å². The van der Waals surface area contributed by atoms with Crippen molar-refractivity contribution in [3.05, 3.63) is 136 Å². The second-order valence-electron chi connectivity index (χ2n) is 15.5. The van der Waals surface area contributed by atoms with Crippen molar-refractivity contribution in [2.75, 3.05) is 25.1 Å². The maximum Gasteiger partial charge on any atom is 0.246 e. The molecule has 3 saturated heterocycles. The average molecular weight is 756 g/mol. The molecule has 1 saturated carbocycles. The number of phenolic OH excluding ortho intramolecular Hbond substituents is 1. The summed E-state index contributed by atoms with van der Waals surface area (Å²) < 4.78 is 5.58. The van der Waals surface area contributed by atoms with Gasteiger partial charge in [0.05, 0.1) is 36.0 Å². The second kappa shape index (κ2) is 13.8. The van der Waals surface area contributed by atoms with Crippen molar-refractivity contribution in [3.8, 4) is 11.5 Å². The Morgan fingerprint density at radius 3 is 2.24 bits per heavy atom. The first-order valence-electron chi connectivity index (χ1n) is 19.1. The molecule has 9 rings (SSSR count). The molecule has 6 atom stereocenters. The van der Waals surface area contributed by atoms with Crippen molar-refractivity contribution >= 4 is 40.9 Å². The number of anilines is 1. The van der Waals surface area contributed by atoms with E-state index in [1.54, 1.807) is 47.4 Å². The third kappa shape index (κ3) is 5.46. The fourth-order valence-corrected chi connectivity index (χ4v) is 10.8. The van der Waals surface area contributed by atoms with Gasteiger partial charge in [0.1, 0.15) is 0 Å². The number of allylic oxidation sites excluding steroid dienone is 2. The van der Waals surface area contributed by atoms with Crippen LogP contribution in [0.3, 0.4) is 0 Å². The Labute approximate surface area is 325 Å². The number of halogens is 1. The number of methoxy groups -OCH3 is 1. The van der Waals surface area contributed by atoms with E-state index in [1.807, 2.05) is 54.6 Å². The molecule has 4 aromatic carbocycles. The van der Waals surface area contributed by atoms with Crippen molar-refractivity contribution in [2.24, 2.45) is 23.7 Å². The number of hydrogen-bond donors (Lipinski definition) is 1. The number of amides is 4. The monoisotopic (exact) mass is 755 g/mol. The molecule has 1 N–H and O–H groups in total. The zero-order valence-electron chi connectivity index (χ0n) is 30.5. The Hall–Kier alpha value is -5.25. The number of fused-ring (bicyclic) bond motifs is 4. The van der Waals surface area contributed by atoms with E-state index in [0.29, 0.717) is 41.1 Å². The quantitative estimate of drug-likeness (QED) is 0.162. The number of hydrogen-bond acceptors (Lipinski definition) is 7. The van der Waals surface area contributed by atoms with Crippen LogP contribution in [0, 0.1) is 23.7 Å². The zero-order valence-corrected chi connectivity index (χ0v) is 31.3. The summed E-state index contributed by atoms with van der Waals surface area (Å²) in [5.41, 5.74) is 1.95. The van der Waals surface area contributed by atoms with Gasteiger partial charge in [-0.2, -0.15) is 0 Å². The number of nitrogens with zero attached hydrogens (tertiary/aromatic N) is 3. The van der Waals surface area contributed by atoms with Gasteiger partial charge in [-0.1, -0.05) is 102 Å². The first-order valence-corrected chi connectivity index (χ1v) is 19.5. The molecule has 0 bridgehead atoms. The molecule has 3 heterocycles. The van der Waals surface area contributed by atoms with Crippen LogP contribution < -0.4 is 9.64 Å². The molecule has 280 valence electrons. The van der Waals surface area contributed by atoms with Gasteiger partial charge in [-0.15, -0.1) is 0 Å². The maximum atomic E-state index is 15.4. The number of ether oxygens (including phenoxy) is 1. The van der Waals surface area contributed by atoms with Crippen LogP contribution in [-0.4, -0.2) is 64.8 Å². The zero-order chi connectivity index (χ0) is 38.0. The number of benzene rings is 4. The van der Waals surface area contributed by atoms with Crippen molar-refractivity contribution in [1.82, 2.24) is 9.80 Å². The van der Waals surface area contributed by atoms with Gasteiger partial charge in [0.25, 0.3) is 0 Å². The van der Waals surface area contributed by atoms with Crippen LogP contribution in [-0.2, 0) is 31.1 Å². The van der Waals surface area contributed by atoms with E-state index in [4.69, 9.17) is 16.3 Å². The summed E-state index contributed by atoms with van der Waals surface area (Å²) in [4.78, 5) is 64.8. The molecule has 3 aliphatic heterocycles. The molecule has 4 amide bonds. The van der Waals surface area contributed by atoms with Crippen LogP contribution in [0.5, 0.6) is 11.5 Å². The van der Waals surface area contributed by atoms with Gasteiger partial charge < -0.3 is 9.84 Å². The normalized spacial score (nSPS) is 28.2. The summed E-state index contributed by atoms with van der Waals surface area (Å²) in [7, 11) is 1.47. The van der Waals surface area contributed by atoms with Crippen LogP contribution in [0.1, 0.15) is 48.3 Å². The third-order valence-electron chi connectivity index (χ3n) is 12.9. The van der Waals surface area contributed by atoms with Crippen LogP contribution >= 0.6 is 11.6 Å². The van der Waals surface area contributed by atoms with Crippen molar-refractivity contribution in [2.45, 2.75) is 49.6 Å². The molecule has 10 heteroatoms. The Balaban J connectivity index is 1.14. The number of carbonyl (C=O) groups excluding carboxylic acids is 4. The highest BCUT2D eigenvalue weighted by Crippen LogP contribution is 2.65. The molecule has 4 fully saturated rings. The second-order valence-corrected chi connectivity index (χ2v) is 16.0. The van der Waals surface area contributed by atoms with Crippen LogP contribution in [0.15, 0.2) is 115 Å². The first-order chi connectivity index (χ1) is 26.7. The van der Waals surface area contributed by atoms with Crippen molar-refractivity contribution in [3.63, 3.8) is 0 Å². The minimum absolute atomic E-state index is 0.133. The highest BCUT2D eigenvalue weighted by Gasteiger charge is 2.70. The standard InChI is InChI=1S/C45H42ClN3O6/c1-55-37-17-9-16-34(40(37)50)39-32-18-19-33-38(43(53)48(41(33)51)30-20-22-47(23-21-30)26-27-10-4-2-5-11-27)35(32)25-36-42(52)49(31-15-8-14-29(46)24-31)44(54)45(36,39)28-12-6-3-7-13-28/h2-18,24,30,33,35-36,38-39,50H,19-23,25-26H2,1H3.